The van der Waals surface area contributed by atoms with E-state index in [2.05, 4.69) is 20.9 Å². The predicted octanol–water partition coefficient (Wildman–Crippen LogP) is 6.42. The molecule has 4 heterocycles. The molecule has 8 nitrogen and oxygen atoms in total. The second kappa shape index (κ2) is 11.2. The number of carbonyl (C=O) groups is 1. The van der Waals surface area contributed by atoms with Crippen LogP contribution >= 0.6 is 11.6 Å². The number of hydrogen-bond acceptors (Lipinski definition) is 7. The van der Waals surface area contributed by atoms with Crippen LogP contribution in [0, 0.1) is 11.3 Å². The van der Waals surface area contributed by atoms with Gasteiger partial charge in [0.15, 0.2) is 6.29 Å². The van der Waals surface area contributed by atoms with E-state index in [1.54, 1.807) is 24.3 Å². The summed E-state index contributed by atoms with van der Waals surface area (Å²) in [6.07, 6.45) is 5.30. The summed E-state index contributed by atoms with van der Waals surface area (Å²) >= 11 is 6.88. The van der Waals surface area contributed by atoms with Crippen LogP contribution in [-0.4, -0.2) is 38.9 Å². The van der Waals surface area contributed by atoms with Gasteiger partial charge in [0.05, 0.1) is 33.5 Å². The maximum absolute atomic E-state index is 14.4. The minimum absolute atomic E-state index is 0.0349. The number of pyridine rings is 2. The number of anilines is 1. The van der Waals surface area contributed by atoms with E-state index in [0.717, 1.165) is 38.6 Å². The van der Waals surface area contributed by atoms with Crippen LogP contribution in [0.3, 0.4) is 0 Å². The number of nitrogens with zero attached hydrogens (tertiary/aromatic N) is 6. The van der Waals surface area contributed by atoms with Crippen molar-refractivity contribution < 1.29 is 4.79 Å². The van der Waals surface area contributed by atoms with E-state index < -0.39 is 5.56 Å². The molecule has 0 atom stereocenters. The van der Waals surface area contributed by atoms with Crippen LogP contribution in [-0.2, 0) is 0 Å². The largest absolute Gasteiger partial charge is 0.370 e. The van der Waals surface area contributed by atoms with E-state index >= 15 is 0 Å². The van der Waals surface area contributed by atoms with Crippen LogP contribution < -0.4 is 10.5 Å². The van der Waals surface area contributed by atoms with Gasteiger partial charge in [0, 0.05) is 29.6 Å². The fraction of sp³-hybridized carbons (Fsp3) is 0.355. The van der Waals surface area contributed by atoms with Crippen LogP contribution in [0.25, 0.3) is 28.0 Å². The number of carbonyl (C=O) groups excluding carboxylic acids is 1. The van der Waals surface area contributed by atoms with Crippen molar-refractivity contribution in [1.29, 1.82) is 5.26 Å². The normalized spacial score (nSPS) is 13.7. The van der Waals surface area contributed by atoms with Gasteiger partial charge in [0.25, 0.3) is 5.56 Å². The van der Waals surface area contributed by atoms with Crippen molar-refractivity contribution in [3.05, 3.63) is 74.6 Å². The van der Waals surface area contributed by atoms with Gasteiger partial charge in [-0.2, -0.15) is 5.26 Å². The van der Waals surface area contributed by atoms with Crippen molar-refractivity contribution >= 4 is 34.6 Å². The predicted molar refractivity (Wildman–Crippen MR) is 158 cm³/mol. The van der Waals surface area contributed by atoms with E-state index in [0.29, 0.717) is 55.6 Å². The lowest BCUT2D eigenvalue weighted by Gasteiger charge is -2.31. The third-order valence-corrected chi connectivity index (χ3v) is 7.69. The number of rotatable bonds is 6. The van der Waals surface area contributed by atoms with Crippen LogP contribution in [0.4, 0.5) is 5.69 Å². The Balaban J connectivity index is 2.00. The number of hydrogen-bond donors (Lipinski definition) is 0. The maximum Gasteiger partial charge on any atom is 0.276 e. The summed E-state index contributed by atoms with van der Waals surface area (Å²) in [5.74, 6) is -0.0698. The fourth-order valence-electron chi connectivity index (χ4n) is 5.51. The molecule has 3 aromatic heterocycles. The zero-order valence-electron chi connectivity index (χ0n) is 23.1. The van der Waals surface area contributed by atoms with Gasteiger partial charge in [0.2, 0.25) is 0 Å². The molecule has 1 aliphatic rings. The minimum Gasteiger partial charge on any atom is -0.370 e. The molecule has 40 heavy (non-hydrogen) atoms. The summed E-state index contributed by atoms with van der Waals surface area (Å²) in [6.45, 7) is 9.48. The van der Waals surface area contributed by atoms with E-state index in [-0.39, 0.29) is 17.4 Å². The molecule has 204 valence electrons. The number of halogens is 1. The lowest BCUT2D eigenvalue weighted by atomic mass is 9.99. The Bertz CT molecular complexity index is 1690. The maximum atomic E-state index is 14.4. The first kappa shape index (κ1) is 27.5. The first-order chi connectivity index (χ1) is 19.3. The summed E-state index contributed by atoms with van der Waals surface area (Å²) in [4.78, 5) is 42.6. The van der Waals surface area contributed by atoms with Crippen molar-refractivity contribution in [3.63, 3.8) is 0 Å². The molecule has 0 unspecified atom stereocenters. The van der Waals surface area contributed by atoms with Gasteiger partial charge in [-0.25, -0.2) is 15.0 Å². The number of fused-ring (bicyclic) bond motifs is 1. The summed E-state index contributed by atoms with van der Waals surface area (Å²) in [5.41, 5.74) is 3.75. The zero-order chi connectivity index (χ0) is 28.6. The SMILES string of the molecule is CC(C)c1ncnc(C(C)C)c1-n1c(=O)c(C#N)c(N2CCCCC2)c2cc(Cl)c(-c3ccccc3C=O)nc21. The second-order valence-electron chi connectivity index (χ2n) is 10.7. The van der Waals surface area contributed by atoms with Crippen molar-refractivity contribution in [1.82, 2.24) is 19.5 Å². The molecule has 0 bridgehead atoms. The van der Waals surface area contributed by atoms with Crippen molar-refractivity contribution in [2.75, 3.05) is 18.0 Å². The molecule has 9 heteroatoms. The summed E-state index contributed by atoms with van der Waals surface area (Å²) in [5, 5.41) is 11.3. The molecule has 0 amide bonds. The standard InChI is InChI=1S/C31H31ClN6O2/c1-18(2)25-29(26(19(3)4)35-17-34-25)38-30-22(28(23(15-33)31(38)40)37-12-8-5-9-13-37)14-24(32)27(36-30)21-11-7-6-10-20(21)16-39/h6-7,10-11,14,16-19H,5,8-9,12-13H2,1-4H3. The molecule has 1 fully saturated rings. The molecule has 1 aromatic carbocycles. The molecular weight excluding hydrogens is 524 g/mol. The van der Waals surface area contributed by atoms with Gasteiger partial charge in [-0.1, -0.05) is 63.6 Å². The number of piperidine rings is 1. The molecule has 4 aromatic rings. The van der Waals surface area contributed by atoms with Gasteiger partial charge in [-0.15, -0.1) is 0 Å². The smallest absolute Gasteiger partial charge is 0.276 e. The molecule has 0 saturated carbocycles. The highest BCUT2D eigenvalue weighted by Gasteiger charge is 2.29. The molecule has 0 radical (unpaired) electrons. The van der Waals surface area contributed by atoms with Gasteiger partial charge < -0.3 is 4.90 Å². The Hall–Kier alpha value is -4.09. The Morgan fingerprint density at radius 1 is 1.00 bits per heavy atom. The van der Waals surface area contributed by atoms with Crippen molar-refractivity contribution in [2.45, 2.75) is 58.8 Å². The lowest BCUT2D eigenvalue weighted by molar-refractivity contribution is 0.112. The first-order valence-electron chi connectivity index (χ1n) is 13.6. The van der Waals surface area contributed by atoms with Crippen LogP contribution in [0.5, 0.6) is 0 Å². The van der Waals surface area contributed by atoms with Crippen LogP contribution in [0.2, 0.25) is 5.02 Å². The minimum atomic E-state index is -0.474. The third-order valence-electron chi connectivity index (χ3n) is 7.40. The average Bonchev–Trinajstić information content (AvgIpc) is 2.96. The first-order valence-corrected chi connectivity index (χ1v) is 14.0. The number of nitriles is 1. The highest BCUT2D eigenvalue weighted by Crippen LogP contribution is 2.38. The van der Waals surface area contributed by atoms with Gasteiger partial charge >= 0.3 is 0 Å². The summed E-state index contributed by atoms with van der Waals surface area (Å²) in [6, 6.07) is 11.1. The fourth-order valence-corrected chi connectivity index (χ4v) is 5.76. The Morgan fingerprint density at radius 2 is 1.65 bits per heavy atom. The topological polar surface area (TPSA) is 105 Å². The number of aromatic nitrogens is 4. The quantitative estimate of drug-likeness (QED) is 0.253. The molecule has 1 aliphatic heterocycles. The molecule has 1 saturated heterocycles. The summed E-state index contributed by atoms with van der Waals surface area (Å²) in [7, 11) is 0. The third kappa shape index (κ3) is 4.65. The Kier molecular flexibility index (Phi) is 7.68. The lowest BCUT2D eigenvalue weighted by Crippen LogP contribution is -2.34. The van der Waals surface area contributed by atoms with Gasteiger partial charge in [-0.05, 0) is 37.2 Å². The van der Waals surface area contributed by atoms with Crippen LogP contribution in [0.15, 0.2) is 41.5 Å². The average molecular weight is 555 g/mol. The highest BCUT2D eigenvalue weighted by molar-refractivity contribution is 6.34. The Labute approximate surface area is 238 Å². The van der Waals surface area contributed by atoms with Crippen molar-refractivity contribution in [2.24, 2.45) is 0 Å². The monoisotopic (exact) mass is 554 g/mol. The zero-order valence-corrected chi connectivity index (χ0v) is 23.9. The van der Waals surface area contributed by atoms with Gasteiger partial charge in [-0.3, -0.25) is 14.2 Å². The molecule has 5 rings (SSSR count). The molecule has 0 aliphatic carbocycles. The Morgan fingerprint density at radius 3 is 2.25 bits per heavy atom. The van der Waals surface area contributed by atoms with Crippen molar-refractivity contribution in [3.8, 4) is 23.0 Å². The number of benzene rings is 1. The van der Waals surface area contributed by atoms with E-state index in [9.17, 15) is 14.9 Å². The molecule has 0 N–H and O–H groups in total. The van der Waals surface area contributed by atoms with Gasteiger partial charge in [0.1, 0.15) is 23.6 Å². The molecule has 0 spiro atoms. The second-order valence-corrected chi connectivity index (χ2v) is 11.1. The number of aldehydes is 1. The highest BCUT2D eigenvalue weighted by atomic mass is 35.5. The summed E-state index contributed by atoms with van der Waals surface area (Å²) < 4.78 is 1.50. The van der Waals surface area contributed by atoms with E-state index in [4.69, 9.17) is 16.6 Å². The van der Waals surface area contributed by atoms with E-state index in [1.807, 2.05) is 33.8 Å². The van der Waals surface area contributed by atoms with E-state index in [1.165, 1.54) is 10.9 Å². The molecular formula is C31H31ClN6O2. The van der Waals surface area contributed by atoms with Crippen LogP contribution in [0.1, 0.15) is 86.1 Å².